The zero-order chi connectivity index (χ0) is 12.1. The highest BCUT2D eigenvalue weighted by atomic mass is 16.5. The van der Waals surface area contributed by atoms with Crippen LogP contribution in [0.15, 0.2) is 18.3 Å². The molecule has 0 aromatic carbocycles. The Hall–Kier alpha value is -1.44. The molecule has 1 saturated heterocycles. The normalized spacial score (nSPS) is 20.4. The van der Waals surface area contributed by atoms with Crippen molar-refractivity contribution in [2.24, 2.45) is 5.92 Å². The van der Waals surface area contributed by atoms with Crippen molar-refractivity contribution in [1.82, 2.24) is 9.88 Å². The maximum atomic E-state index is 8.98. The minimum Gasteiger partial charge on any atom is -0.384 e. The first-order chi connectivity index (χ1) is 8.33. The fourth-order valence-corrected chi connectivity index (χ4v) is 2.34. The van der Waals surface area contributed by atoms with Crippen LogP contribution >= 0.6 is 0 Å². The van der Waals surface area contributed by atoms with Crippen LogP contribution in [-0.2, 0) is 11.3 Å². The van der Waals surface area contributed by atoms with Crippen molar-refractivity contribution in [3.63, 3.8) is 0 Å². The van der Waals surface area contributed by atoms with Gasteiger partial charge in [-0.05, 0) is 24.9 Å². The van der Waals surface area contributed by atoms with Crippen molar-refractivity contribution in [2.45, 2.75) is 13.0 Å². The fraction of sp³-hybridized carbons (Fsp3) is 0.538. The van der Waals surface area contributed by atoms with Gasteiger partial charge in [-0.1, -0.05) is 6.07 Å². The van der Waals surface area contributed by atoms with Gasteiger partial charge in [0.25, 0.3) is 0 Å². The van der Waals surface area contributed by atoms with Crippen LogP contribution in [0.1, 0.15) is 17.7 Å². The molecule has 90 valence electrons. The molecule has 0 saturated carbocycles. The number of likely N-dealkylation sites (tertiary alicyclic amines) is 1. The summed E-state index contributed by atoms with van der Waals surface area (Å²) in [4.78, 5) is 6.44. The standard InChI is InChI=1S/C13H17N3O/c1-17-10-11-4-6-16(8-11)9-12-3-2-5-15-13(12)7-14/h2-3,5,11H,4,6,8-10H2,1H3. The third kappa shape index (κ3) is 3.02. The largest absolute Gasteiger partial charge is 0.384 e. The number of nitrogens with zero attached hydrogens (tertiary/aromatic N) is 3. The van der Waals surface area contributed by atoms with Crippen molar-refractivity contribution in [2.75, 3.05) is 26.8 Å². The number of hydrogen-bond acceptors (Lipinski definition) is 4. The molecule has 2 rings (SSSR count). The molecule has 2 heterocycles. The Kier molecular flexibility index (Phi) is 4.08. The van der Waals surface area contributed by atoms with E-state index in [0.29, 0.717) is 11.6 Å². The van der Waals surface area contributed by atoms with Gasteiger partial charge in [0.15, 0.2) is 0 Å². The Morgan fingerprint density at radius 3 is 3.29 bits per heavy atom. The van der Waals surface area contributed by atoms with Crippen molar-refractivity contribution in [3.8, 4) is 6.07 Å². The summed E-state index contributed by atoms with van der Waals surface area (Å²) in [6, 6.07) is 6.01. The number of methoxy groups -OCH3 is 1. The van der Waals surface area contributed by atoms with Gasteiger partial charge < -0.3 is 4.74 Å². The second-order valence-corrected chi connectivity index (χ2v) is 4.47. The Morgan fingerprint density at radius 1 is 1.65 bits per heavy atom. The molecule has 1 aromatic heterocycles. The molecule has 0 radical (unpaired) electrons. The van der Waals surface area contributed by atoms with Crippen LogP contribution in [0.4, 0.5) is 0 Å². The minimum absolute atomic E-state index is 0.544. The van der Waals surface area contributed by atoms with E-state index in [9.17, 15) is 0 Å². The van der Waals surface area contributed by atoms with Gasteiger partial charge in [0.05, 0.1) is 6.61 Å². The van der Waals surface area contributed by atoms with Gasteiger partial charge >= 0.3 is 0 Å². The van der Waals surface area contributed by atoms with E-state index in [2.05, 4.69) is 16.0 Å². The molecule has 0 amide bonds. The molecule has 0 aliphatic carbocycles. The summed E-state index contributed by atoms with van der Waals surface area (Å²) in [6.45, 7) is 3.77. The van der Waals surface area contributed by atoms with E-state index in [1.54, 1.807) is 13.3 Å². The average molecular weight is 231 g/mol. The number of rotatable bonds is 4. The second-order valence-electron chi connectivity index (χ2n) is 4.47. The van der Waals surface area contributed by atoms with Crippen molar-refractivity contribution in [3.05, 3.63) is 29.6 Å². The first-order valence-corrected chi connectivity index (χ1v) is 5.88. The molecule has 1 aliphatic rings. The van der Waals surface area contributed by atoms with Gasteiger partial charge in [-0.3, -0.25) is 4.90 Å². The van der Waals surface area contributed by atoms with E-state index in [4.69, 9.17) is 10.00 Å². The molecule has 0 bridgehead atoms. The molecule has 1 aliphatic heterocycles. The summed E-state index contributed by atoms with van der Waals surface area (Å²) in [5, 5.41) is 8.98. The van der Waals surface area contributed by atoms with E-state index >= 15 is 0 Å². The average Bonchev–Trinajstić information content (AvgIpc) is 2.78. The molecule has 1 fully saturated rings. The first kappa shape index (κ1) is 12.0. The molecular formula is C13H17N3O. The number of hydrogen-bond donors (Lipinski definition) is 0. The number of aromatic nitrogens is 1. The van der Waals surface area contributed by atoms with E-state index in [-0.39, 0.29) is 0 Å². The van der Waals surface area contributed by atoms with E-state index < -0.39 is 0 Å². The Balaban J connectivity index is 1.96. The highest BCUT2D eigenvalue weighted by Crippen LogP contribution is 2.19. The Bertz CT molecular complexity index is 413. The molecule has 0 N–H and O–H groups in total. The fourth-order valence-electron chi connectivity index (χ4n) is 2.34. The number of nitriles is 1. The van der Waals surface area contributed by atoms with E-state index in [1.165, 1.54) is 6.42 Å². The third-order valence-corrected chi connectivity index (χ3v) is 3.16. The van der Waals surface area contributed by atoms with Crippen molar-refractivity contribution >= 4 is 0 Å². The quantitative estimate of drug-likeness (QED) is 0.786. The van der Waals surface area contributed by atoms with Crippen LogP contribution in [-0.4, -0.2) is 36.7 Å². The van der Waals surface area contributed by atoms with Gasteiger partial charge in [-0.2, -0.15) is 5.26 Å². The lowest BCUT2D eigenvalue weighted by molar-refractivity contribution is 0.152. The predicted octanol–water partition coefficient (Wildman–Crippen LogP) is 1.42. The van der Waals surface area contributed by atoms with Crippen LogP contribution in [0.3, 0.4) is 0 Å². The molecule has 1 unspecified atom stereocenters. The summed E-state index contributed by atoms with van der Waals surface area (Å²) in [6.07, 6.45) is 2.84. The predicted molar refractivity (Wildman–Crippen MR) is 64.2 cm³/mol. The first-order valence-electron chi connectivity index (χ1n) is 5.88. The van der Waals surface area contributed by atoms with Gasteiger partial charge in [0.1, 0.15) is 11.8 Å². The monoisotopic (exact) mass is 231 g/mol. The molecule has 0 spiro atoms. The highest BCUT2D eigenvalue weighted by Gasteiger charge is 2.22. The molecule has 4 nitrogen and oxygen atoms in total. The van der Waals surface area contributed by atoms with Crippen LogP contribution < -0.4 is 0 Å². The lowest BCUT2D eigenvalue weighted by Gasteiger charge is -2.16. The molecule has 17 heavy (non-hydrogen) atoms. The maximum Gasteiger partial charge on any atom is 0.144 e. The van der Waals surface area contributed by atoms with E-state index in [1.807, 2.05) is 12.1 Å². The summed E-state index contributed by atoms with van der Waals surface area (Å²) in [7, 11) is 1.75. The lowest BCUT2D eigenvalue weighted by Crippen LogP contribution is -2.22. The number of ether oxygens (including phenoxy) is 1. The van der Waals surface area contributed by atoms with Gasteiger partial charge in [0, 0.05) is 32.0 Å². The van der Waals surface area contributed by atoms with Gasteiger partial charge in [0.2, 0.25) is 0 Å². The summed E-state index contributed by atoms with van der Waals surface area (Å²) in [5.41, 5.74) is 1.57. The van der Waals surface area contributed by atoms with Gasteiger partial charge in [-0.25, -0.2) is 4.98 Å². The topological polar surface area (TPSA) is 49.1 Å². The smallest absolute Gasteiger partial charge is 0.144 e. The van der Waals surface area contributed by atoms with E-state index in [0.717, 1.165) is 31.8 Å². The lowest BCUT2D eigenvalue weighted by atomic mass is 10.1. The Morgan fingerprint density at radius 2 is 2.53 bits per heavy atom. The van der Waals surface area contributed by atoms with Crippen LogP contribution in [0.2, 0.25) is 0 Å². The second kappa shape index (κ2) is 5.76. The summed E-state index contributed by atoms with van der Waals surface area (Å²) in [5.74, 6) is 0.627. The maximum absolute atomic E-state index is 8.98. The van der Waals surface area contributed by atoms with Crippen molar-refractivity contribution in [1.29, 1.82) is 5.26 Å². The number of pyridine rings is 1. The van der Waals surface area contributed by atoms with Gasteiger partial charge in [-0.15, -0.1) is 0 Å². The summed E-state index contributed by atoms with van der Waals surface area (Å²) < 4.78 is 5.18. The minimum atomic E-state index is 0.544. The van der Waals surface area contributed by atoms with Crippen LogP contribution in [0, 0.1) is 17.2 Å². The molecule has 1 aromatic rings. The zero-order valence-electron chi connectivity index (χ0n) is 10.1. The third-order valence-electron chi connectivity index (χ3n) is 3.16. The highest BCUT2D eigenvalue weighted by molar-refractivity contribution is 5.30. The van der Waals surface area contributed by atoms with Crippen molar-refractivity contribution < 1.29 is 4.74 Å². The SMILES string of the molecule is COCC1CCN(Cc2cccnc2C#N)C1. The summed E-state index contributed by atoms with van der Waals surface area (Å²) >= 11 is 0. The van der Waals surface area contributed by atoms with Crippen LogP contribution in [0.5, 0.6) is 0 Å². The zero-order valence-corrected chi connectivity index (χ0v) is 10.1. The van der Waals surface area contributed by atoms with Crippen LogP contribution in [0.25, 0.3) is 0 Å². The Labute approximate surface area is 102 Å². The molecule has 4 heteroatoms. The molecule has 1 atom stereocenters. The molecular weight excluding hydrogens is 214 g/mol.